The van der Waals surface area contributed by atoms with E-state index < -0.39 is 0 Å². The summed E-state index contributed by atoms with van der Waals surface area (Å²) in [4.78, 5) is 16.1. The van der Waals surface area contributed by atoms with E-state index in [1.807, 2.05) is 0 Å². The number of oxime groups is 1. The Morgan fingerprint density at radius 3 is 2.91 bits per heavy atom. The van der Waals surface area contributed by atoms with Crippen molar-refractivity contribution >= 4 is 11.5 Å². The van der Waals surface area contributed by atoms with Gasteiger partial charge in [-0.15, -0.1) is 0 Å². The molecule has 0 N–H and O–H groups in total. The van der Waals surface area contributed by atoms with Crippen LogP contribution in [-0.4, -0.2) is 18.1 Å². The van der Waals surface area contributed by atoms with Gasteiger partial charge in [0.15, 0.2) is 0 Å². The summed E-state index contributed by atoms with van der Waals surface area (Å²) in [6.45, 7) is 0.666. The molecule has 1 fully saturated rings. The molecular weight excluding hydrogens is 142 g/mol. The molecule has 1 atom stereocenters. The van der Waals surface area contributed by atoms with Crippen LogP contribution in [0.15, 0.2) is 5.16 Å². The fraction of sp³-hybridized carbons (Fsp3) is 0.750. The molecule has 1 saturated carbocycles. The summed E-state index contributed by atoms with van der Waals surface area (Å²) >= 11 is 0. The molecule has 0 bridgehead atoms. The molecule has 1 aliphatic heterocycles. The predicted molar refractivity (Wildman–Crippen MR) is 40.4 cm³/mol. The lowest BCUT2D eigenvalue weighted by molar-refractivity contribution is -0.119. The minimum absolute atomic E-state index is 0.109. The Bertz CT molecular complexity index is 210. The molecule has 1 heterocycles. The number of carbonyl (C=O) groups excluding carboxylic acids is 1. The van der Waals surface area contributed by atoms with E-state index >= 15 is 0 Å². The number of hydrogen-bond acceptors (Lipinski definition) is 3. The zero-order valence-corrected chi connectivity index (χ0v) is 6.38. The number of carbonyl (C=O) groups is 1. The van der Waals surface area contributed by atoms with Crippen LogP contribution < -0.4 is 0 Å². The van der Waals surface area contributed by atoms with E-state index in [1.165, 1.54) is 0 Å². The van der Waals surface area contributed by atoms with Gasteiger partial charge in [0.1, 0.15) is 12.4 Å². The van der Waals surface area contributed by atoms with Crippen LogP contribution in [0.4, 0.5) is 0 Å². The lowest BCUT2D eigenvalue weighted by Gasteiger charge is -2.03. The van der Waals surface area contributed by atoms with E-state index in [2.05, 4.69) is 5.16 Å². The molecule has 60 valence electrons. The molecule has 0 aromatic carbocycles. The summed E-state index contributed by atoms with van der Waals surface area (Å²) in [7, 11) is 0. The molecule has 3 nitrogen and oxygen atoms in total. The molecule has 11 heavy (non-hydrogen) atoms. The van der Waals surface area contributed by atoms with Gasteiger partial charge in [-0.05, 0) is 12.8 Å². The third-order valence-electron chi connectivity index (χ3n) is 2.34. The molecule has 0 radical (unpaired) electrons. The molecule has 2 aliphatic rings. The molecule has 1 aliphatic carbocycles. The van der Waals surface area contributed by atoms with Crippen molar-refractivity contribution in [1.29, 1.82) is 0 Å². The van der Waals surface area contributed by atoms with E-state index in [0.717, 1.165) is 31.4 Å². The first-order chi connectivity index (χ1) is 5.38. The molecule has 0 spiro atoms. The minimum Gasteiger partial charge on any atom is -0.395 e. The van der Waals surface area contributed by atoms with Crippen LogP contribution in [0.25, 0.3) is 0 Å². The summed E-state index contributed by atoms with van der Waals surface area (Å²) < 4.78 is 0. The minimum atomic E-state index is 0.109. The second-order valence-corrected chi connectivity index (χ2v) is 3.08. The first kappa shape index (κ1) is 6.83. The van der Waals surface area contributed by atoms with Gasteiger partial charge in [0.05, 0.1) is 11.6 Å². The van der Waals surface area contributed by atoms with Crippen molar-refractivity contribution in [3.63, 3.8) is 0 Å². The van der Waals surface area contributed by atoms with Crippen molar-refractivity contribution in [3.8, 4) is 0 Å². The van der Waals surface area contributed by atoms with Gasteiger partial charge in [0.2, 0.25) is 0 Å². The molecule has 3 heteroatoms. The van der Waals surface area contributed by atoms with Gasteiger partial charge >= 0.3 is 0 Å². The average molecular weight is 153 g/mol. The van der Waals surface area contributed by atoms with E-state index in [9.17, 15) is 4.79 Å². The second kappa shape index (κ2) is 2.64. The number of rotatable bonds is 1. The van der Waals surface area contributed by atoms with E-state index in [4.69, 9.17) is 4.84 Å². The quantitative estimate of drug-likeness (QED) is 0.566. The third-order valence-corrected chi connectivity index (χ3v) is 2.34. The van der Waals surface area contributed by atoms with E-state index in [1.54, 1.807) is 0 Å². The van der Waals surface area contributed by atoms with Crippen molar-refractivity contribution in [2.24, 2.45) is 11.1 Å². The molecule has 0 amide bonds. The Morgan fingerprint density at radius 2 is 2.36 bits per heavy atom. The van der Waals surface area contributed by atoms with Crippen molar-refractivity contribution in [2.75, 3.05) is 6.61 Å². The van der Waals surface area contributed by atoms with Crippen molar-refractivity contribution in [3.05, 3.63) is 0 Å². The largest absolute Gasteiger partial charge is 0.395 e. The standard InChI is InChI=1S/C8H11NO2/c10-8-3-1-2-6(8)7-4-5-11-9-7/h6H,1-5H2. The molecular formula is C8H11NO2. The van der Waals surface area contributed by atoms with Crippen LogP contribution in [0.5, 0.6) is 0 Å². The molecule has 0 saturated heterocycles. The maximum atomic E-state index is 11.2. The lowest BCUT2D eigenvalue weighted by Crippen LogP contribution is -2.16. The van der Waals surface area contributed by atoms with E-state index in [0.29, 0.717) is 12.4 Å². The Morgan fingerprint density at radius 1 is 1.45 bits per heavy atom. The van der Waals surface area contributed by atoms with Gasteiger partial charge in [-0.25, -0.2) is 0 Å². The summed E-state index contributed by atoms with van der Waals surface area (Å²) in [6.07, 6.45) is 3.61. The van der Waals surface area contributed by atoms with Crippen molar-refractivity contribution < 1.29 is 9.63 Å². The monoisotopic (exact) mass is 153 g/mol. The zero-order valence-electron chi connectivity index (χ0n) is 6.38. The smallest absolute Gasteiger partial charge is 0.141 e. The zero-order chi connectivity index (χ0) is 7.68. The molecule has 0 aromatic heterocycles. The number of nitrogens with zero attached hydrogens (tertiary/aromatic N) is 1. The van der Waals surface area contributed by atoms with Crippen molar-refractivity contribution in [1.82, 2.24) is 0 Å². The first-order valence-electron chi connectivity index (χ1n) is 4.09. The average Bonchev–Trinajstić information content (AvgIpc) is 2.55. The van der Waals surface area contributed by atoms with Crippen LogP contribution >= 0.6 is 0 Å². The van der Waals surface area contributed by atoms with Gasteiger partial charge in [0.25, 0.3) is 0 Å². The summed E-state index contributed by atoms with van der Waals surface area (Å²) in [6, 6.07) is 0. The highest BCUT2D eigenvalue weighted by Gasteiger charge is 2.30. The van der Waals surface area contributed by atoms with Crippen LogP contribution in [0.2, 0.25) is 0 Å². The van der Waals surface area contributed by atoms with Gasteiger partial charge in [-0.2, -0.15) is 0 Å². The highest BCUT2D eigenvalue weighted by molar-refractivity contribution is 6.06. The van der Waals surface area contributed by atoms with Gasteiger partial charge in [-0.1, -0.05) is 5.16 Å². The first-order valence-corrected chi connectivity index (χ1v) is 4.09. The van der Waals surface area contributed by atoms with E-state index in [-0.39, 0.29) is 5.92 Å². The molecule has 0 aromatic rings. The number of hydrogen-bond donors (Lipinski definition) is 0. The number of Topliss-reactive ketones (excluding diaryl/α,β-unsaturated/α-hetero) is 1. The normalized spacial score (nSPS) is 30.4. The van der Waals surface area contributed by atoms with Gasteiger partial charge < -0.3 is 4.84 Å². The van der Waals surface area contributed by atoms with Crippen LogP contribution in [0, 0.1) is 5.92 Å². The fourth-order valence-corrected chi connectivity index (χ4v) is 1.73. The Kier molecular flexibility index (Phi) is 1.64. The number of ketones is 1. The Hall–Kier alpha value is -0.860. The second-order valence-electron chi connectivity index (χ2n) is 3.08. The fourth-order valence-electron chi connectivity index (χ4n) is 1.73. The third kappa shape index (κ3) is 1.15. The topological polar surface area (TPSA) is 38.7 Å². The molecule has 1 unspecified atom stereocenters. The highest BCUT2D eigenvalue weighted by atomic mass is 16.6. The summed E-state index contributed by atoms with van der Waals surface area (Å²) in [5.41, 5.74) is 0.979. The Balaban J connectivity index is 2.08. The predicted octanol–water partition coefficient (Wildman–Crippen LogP) is 1.13. The SMILES string of the molecule is O=C1CCCC1C1=NOCC1. The lowest BCUT2D eigenvalue weighted by atomic mass is 9.99. The maximum absolute atomic E-state index is 11.2. The van der Waals surface area contributed by atoms with Crippen LogP contribution in [0.1, 0.15) is 25.7 Å². The van der Waals surface area contributed by atoms with Gasteiger partial charge in [0, 0.05) is 12.8 Å². The van der Waals surface area contributed by atoms with Crippen LogP contribution in [-0.2, 0) is 9.63 Å². The summed E-state index contributed by atoms with van der Waals surface area (Å²) in [5.74, 6) is 0.465. The van der Waals surface area contributed by atoms with Crippen LogP contribution in [0.3, 0.4) is 0 Å². The van der Waals surface area contributed by atoms with Crippen molar-refractivity contribution in [2.45, 2.75) is 25.7 Å². The maximum Gasteiger partial charge on any atom is 0.141 e. The summed E-state index contributed by atoms with van der Waals surface area (Å²) in [5, 5.41) is 3.86. The molecule has 2 rings (SSSR count). The highest BCUT2D eigenvalue weighted by Crippen LogP contribution is 2.25. The Labute approximate surface area is 65.4 Å². The van der Waals surface area contributed by atoms with Gasteiger partial charge in [-0.3, -0.25) is 4.79 Å².